The van der Waals surface area contributed by atoms with Gasteiger partial charge in [0.1, 0.15) is 5.82 Å². The molecule has 0 spiro atoms. The highest BCUT2D eigenvalue weighted by atomic mass is 79.9. The van der Waals surface area contributed by atoms with E-state index >= 15 is 0 Å². The van der Waals surface area contributed by atoms with Crippen LogP contribution < -0.4 is 5.32 Å². The number of benzene rings is 1. The standard InChI is InChI=1S/C27H26BrClFN5O2/c1-15-4-3-5-22(20-12-17(8-10-31-20)26-21(33-27(15)37)14-32-34(26)2)35-11-9-16(13-23(35)36)24-18(28)6-7-19(29)25(24)30/h6-8,10,12-15,22H,3-5,9,11H2,1-2H3,(H,33,37)/t15-,22+/m1/s1. The molecule has 10 heteroatoms. The van der Waals surface area contributed by atoms with Gasteiger partial charge in [-0.1, -0.05) is 40.9 Å². The Morgan fingerprint density at radius 1 is 1.22 bits per heavy atom. The van der Waals surface area contributed by atoms with Gasteiger partial charge < -0.3 is 10.2 Å². The second-order valence-corrected chi connectivity index (χ2v) is 10.8. The van der Waals surface area contributed by atoms with Gasteiger partial charge in [0.05, 0.1) is 34.3 Å². The zero-order valence-electron chi connectivity index (χ0n) is 20.5. The number of carbonyl (C=O) groups is 2. The number of hydrogen-bond acceptors (Lipinski definition) is 4. The lowest BCUT2D eigenvalue weighted by Crippen LogP contribution is -2.38. The molecule has 5 rings (SSSR count). The SMILES string of the molecule is C[C@@H]1CCC[C@H](N2CCC(c3c(Br)ccc(Cl)c3F)=CC2=O)c2cc(ccn2)-c2c(cnn2C)NC1=O. The molecule has 0 radical (unpaired) electrons. The van der Waals surface area contributed by atoms with Crippen LogP contribution in [0.4, 0.5) is 10.1 Å². The van der Waals surface area contributed by atoms with Crippen LogP contribution in [0.2, 0.25) is 5.02 Å². The number of rotatable bonds is 2. The summed E-state index contributed by atoms with van der Waals surface area (Å²) in [6, 6.07) is 6.72. The molecule has 2 aromatic heterocycles. The van der Waals surface area contributed by atoms with Crippen molar-refractivity contribution in [2.24, 2.45) is 13.0 Å². The van der Waals surface area contributed by atoms with Gasteiger partial charge in [-0.3, -0.25) is 19.3 Å². The highest BCUT2D eigenvalue weighted by Crippen LogP contribution is 2.38. The molecule has 0 saturated heterocycles. The molecule has 2 aliphatic heterocycles. The van der Waals surface area contributed by atoms with Gasteiger partial charge in [0.2, 0.25) is 11.8 Å². The molecule has 2 amide bonds. The Labute approximate surface area is 227 Å². The summed E-state index contributed by atoms with van der Waals surface area (Å²) in [5.74, 6) is -1.01. The minimum absolute atomic E-state index is 0.0157. The molecule has 192 valence electrons. The maximum atomic E-state index is 14.8. The normalized spacial score (nSPS) is 20.5. The maximum Gasteiger partial charge on any atom is 0.247 e. The smallest absolute Gasteiger partial charge is 0.247 e. The van der Waals surface area contributed by atoms with Crippen LogP contribution in [0.1, 0.15) is 49.9 Å². The highest BCUT2D eigenvalue weighted by molar-refractivity contribution is 9.10. The Morgan fingerprint density at radius 2 is 2.03 bits per heavy atom. The van der Waals surface area contributed by atoms with Crippen molar-refractivity contribution in [3.8, 4) is 11.3 Å². The third-order valence-corrected chi connectivity index (χ3v) is 8.05. The van der Waals surface area contributed by atoms with Crippen molar-refractivity contribution in [3.63, 3.8) is 0 Å². The number of anilines is 1. The van der Waals surface area contributed by atoms with E-state index < -0.39 is 5.82 Å². The lowest BCUT2D eigenvalue weighted by molar-refractivity contribution is -0.129. The van der Waals surface area contributed by atoms with Crippen molar-refractivity contribution >= 4 is 50.6 Å². The van der Waals surface area contributed by atoms with E-state index in [1.807, 2.05) is 26.1 Å². The molecular weight excluding hydrogens is 561 g/mol. The van der Waals surface area contributed by atoms with Gasteiger partial charge in [-0.2, -0.15) is 5.10 Å². The number of pyridine rings is 1. The van der Waals surface area contributed by atoms with Gasteiger partial charge >= 0.3 is 0 Å². The molecule has 2 atom stereocenters. The number of fused-ring (bicyclic) bond motifs is 4. The monoisotopic (exact) mass is 585 g/mol. The summed E-state index contributed by atoms with van der Waals surface area (Å²) in [6.45, 7) is 2.31. The van der Waals surface area contributed by atoms with E-state index in [-0.39, 0.29) is 28.8 Å². The van der Waals surface area contributed by atoms with E-state index in [4.69, 9.17) is 11.6 Å². The fourth-order valence-corrected chi connectivity index (χ4v) is 5.82. The van der Waals surface area contributed by atoms with Crippen LogP contribution in [-0.4, -0.2) is 38.0 Å². The number of nitrogens with zero attached hydrogens (tertiary/aromatic N) is 4. The first kappa shape index (κ1) is 25.6. The summed E-state index contributed by atoms with van der Waals surface area (Å²) < 4.78 is 17.1. The molecular formula is C27H26BrClFN5O2. The molecule has 0 fully saturated rings. The van der Waals surface area contributed by atoms with Gasteiger partial charge in [-0.05, 0) is 49.1 Å². The number of aryl methyl sites for hydroxylation is 1. The van der Waals surface area contributed by atoms with Gasteiger partial charge in [0.25, 0.3) is 0 Å². The zero-order chi connectivity index (χ0) is 26.3. The number of aromatic nitrogens is 3. The molecule has 1 N–H and O–H groups in total. The van der Waals surface area contributed by atoms with Crippen molar-refractivity contribution in [3.05, 3.63) is 69.3 Å². The Hall–Kier alpha value is -3.04. The quantitative estimate of drug-likeness (QED) is 0.365. The summed E-state index contributed by atoms with van der Waals surface area (Å²) >= 11 is 9.42. The zero-order valence-corrected chi connectivity index (χ0v) is 22.8. The first-order valence-electron chi connectivity index (χ1n) is 12.2. The fraction of sp³-hybridized carbons (Fsp3) is 0.333. The molecule has 0 unspecified atom stereocenters. The van der Waals surface area contributed by atoms with E-state index in [0.29, 0.717) is 47.1 Å². The third kappa shape index (κ3) is 4.94. The van der Waals surface area contributed by atoms with Gasteiger partial charge in [0.15, 0.2) is 0 Å². The second kappa shape index (κ2) is 10.4. The summed E-state index contributed by atoms with van der Waals surface area (Å²) in [5, 5.41) is 7.38. The highest BCUT2D eigenvalue weighted by Gasteiger charge is 2.31. The summed E-state index contributed by atoms with van der Waals surface area (Å²) in [7, 11) is 1.82. The average molecular weight is 587 g/mol. The first-order valence-corrected chi connectivity index (χ1v) is 13.4. The summed E-state index contributed by atoms with van der Waals surface area (Å²) in [6.07, 6.45) is 7.40. The summed E-state index contributed by atoms with van der Waals surface area (Å²) in [4.78, 5) is 32.7. The summed E-state index contributed by atoms with van der Waals surface area (Å²) in [5.41, 5.74) is 3.96. The predicted molar refractivity (Wildman–Crippen MR) is 144 cm³/mol. The number of carbonyl (C=O) groups excluding carboxylic acids is 2. The first-order chi connectivity index (χ1) is 17.7. The Balaban J connectivity index is 1.53. The van der Waals surface area contributed by atoms with Gasteiger partial charge in [-0.15, -0.1) is 0 Å². The van der Waals surface area contributed by atoms with Crippen LogP contribution >= 0.6 is 27.5 Å². The molecule has 0 saturated carbocycles. The minimum atomic E-state index is -0.539. The largest absolute Gasteiger partial charge is 0.330 e. The minimum Gasteiger partial charge on any atom is -0.330 e. The molecule has 2 bridgehead atoms. The van der Waals surface area contributed by atoms with Crippen molar-refractivity contribution in [1.82, 2.24) is 19.7 Å². The number of hydrogen-bond donors (Lipinski definition) is 1. The van der Waals surface area contributed by atoms with Crippen molar-refractivity contribution in [2.45, 2.75) is 38.6 Å². The van der Waals surface area contributed by atoms with Crippen LogP contribution in [0.25, 0.3) is 16.8 Å². The lowest BCUT2D eigenvalue weighted by Gasteiger charge is -2.34. The van der Waals surface area contributed by atoms with Crippen molar-refractivity contribution in [1.29, 1.82) is 0 Å². The van der Waals surface area contributed by atoms with E-state index in [2.05, 4.69) is 31.3 Å². The van der Waals surface area contributed by atoms with Crippen LogP contribution in [0.15, 0.2) is 47.2 Å². The van der Waals surface area contributed by atoms with Crippen LogP contribution in [-0.2, 0) is 16.6 Å². The van der Waals surface area contributed by atoms with Gasteiger partial charge in [0, 0.05) is 47.4 Å². The van der Waals surface area contributed by atoms with E-state index in [9.17, 15) is 14.0 Å². The predicted octanol–water partition coefficient (Wildman–Crippen LogP) is 6.15. The van der Waals surface area contributed by atoms with E-state index in [1.165, 1.54) is 12.1 Å². The number of amides is 2. The topological polar surface area (TPSA) is 80.1 Å². The number of nitrogens with one attached hydrogen (secondary N) is 1. The van der Waals surface area contributed by atoms with E-state index in [0.717, 1.165) is 23.4 Å². The third-order valence-electron chi connectivity index (χ3n) is 7.10. The fourth-order valence-electron chi connectivity index (χ4n) is 5.10. The van der Waals surface area contributed by atoms with Crippen molar-refractivity contribution in [2.75, 3.05) is 11.9 Å². The molecule has 4 heterocycles. The Kier molecular flexibility index (Phi) is 7.18. The Bertz CT molecular complexity index is 1420. The molecule has 1 aromatic carbocycles. The molecule has 2 aliphatic rings. The molecule has 0 aliphatic carbocycles. The number of halogens is 3. The molecule has 3 aromatic rings. The van der Waals surface area contributed by atoms with Crippen LogP contribution in [0, 0.1) is 11.7 Å². The molecule has 7 nitrogen and oxygen atoms in total. The lowest BCUT2D eigenvalue weighted by atomic mass is 9.93. The second-order valence-electron chi connectivity index (χ2n) is 9.51. The van der Waals surface area contributed by atoms with Gasteiger partial charge in [-0.25, -0.2) is 4.39 Å². The van der Waals surface area contributed by atoms with Crippen LogP contribution in [0.3, 0.4) is 0 Å². The van der Waals surface area contributed by atoms with Crippen LogP contribution in [0.5, 0.6) is 0 Å². The molecule has 37 heavy (non-hydrogen) atoms. The average Bonchev–Trinajstić information content (AvgIpc) is 3.24. The van der Waals surface area contributed by atoms with E-state index in [1.54, 1.807) is 28.0 Å². The maximum absolute atomic E-state index is 14.8. The van der Waals surface area contributed by atoms with Crippen molar-refractivity contribution < 1.29 is 14.0 Å². The Morgan fingerprint density at radius 3 is 2.81 bits per heavy atom.